The van der Waals surface area contributed by atoms with Crippen molar-refractivity contribution < 1.29 is 14.2 Å². The average Bonchev–Trinajstić information content (AvgIpc) is 3.37. The second-order valence-electron chi connectivity index (χ2n) is 9.33. The normalized spacial score (nSPS) is 22.5. The SMILES string of the molecule is CSc1nc(OC[C@@]23CCCN2C[C@H](F)C3)nc2cc(-c3cc(O)cc4ccccc34)ccc12. The monoisotopic (exact) mass is 475 g/mol. The first kappa shape index (κ1) is 21.6. The number of phenolic OH excluding ortho intramolecular Hbond substituents is 1. The number of rotatable bonds is 5. The van der Waals surface area contributed by atoms with E-state index in [-0.39, 0.29) is 11.3 Å². The maximum absolute atomic E-state index is 14.1. The topological polar surface area (TPSA) is 58.5 Å². The molecule has 5 nitrogen and oxygen atoms in total. The number of benzene rings is 3. The highest BCUT2D eigenvalue weighted by Crippen LogP contribution is 2.41. The van der Waals surface area contributed by atoms with Crippen molar-refractivity contribution in [3.05, 3.63) is 54.6 Å². The number of thioether (sulfide) groups is 1. The summed E-state index contributed by atoms with van der Waals surface area (Å²) in [4.78, 5) is 11.6. The summed E-state index contributed by atoms with van der Waals surface area (Å²) in [5.41, 5.74) is 2.46. The summed E-state index contributed by atoms with van der Waals surface area (Å²) < 4.78 is 20.3. The zero-order chi connectivity index (χ0) is 23.3. The molecule has 0 bridgehead atoms. The Morgan fingerprint density at radius 2 is 2.03 bits per heavy atom. The number of fused-ring (bicyclic) bond motifs is 3. The number of ether oxygens (including phenoxy) is 1. The second kappa shape index (κ2) is 8.40. The lowest BCUT2D eigenvalue weighted by Crippen LogP contribution is -2.43. The van der Waals surface area contributed by atoms with Crippen LogP contribution in [0.1, 0.15) is 19.3 Å². The predicted octanol–water partition coefficient (Wildman–Crippen LogP) is 5.83. The van der Waals surface area contributed by atoms with E-state index in [1.807, 2.05) is 42.7 Å². The van der Waals surface area contributed by atoms with Crippen LogP contribution in [0.15, 0.2) is 59.6 Å². The molecule has 34 heavy (non-hydrogen) atoms. The third kappa shape index (κ3) is 3.67. The lowest BCUT2D eigenvalue weighted by Gasteiger charge is -2.30. The summed E-state index contributed by atoms with van der Waals surface area (Å²) in [6.07, 6.45) is 3.74. The van der Waals surface area contributed by atoms with Gasteiger partial charge in [-0.15, -0.1) is 11.8 Å². The van der Waals surface area contributed by atoms with Gasteiger partial charge in [0, 0.05) is 18.4 Å². The van der Waals surface area contributed by atoms with Gasteiger partial charge in [-0.25, -0.2) is 4.39 Å². The first-order chi connectivity index (χ1) is 16.5. The molecule has 174 valence electrons. The molecular weight excluding hydrogens is 449 g/mol. The van der Waals surface area contributed by atoms with E-state index in [9.17, 15) is 9.50 Å². The van der Waals surface area contributed by atoms with Crippen molar-refractivity contribution in [1.29, 1.82) is 0 Å². The standard InChI is InChI=1S/C27H26FN3O2S/c1-34-25-22-8-7-18(23-13-20(32)11-17-5-2-3-6-21(17)23)12-24(22)29-26(30-25)33-16-27-9-4-10-31(27)15-19(28)14-27/h2-3,5-8,11-13,19,32H,4,9-10,14-16H2,1H3/t19-,27+/m1/s1. The number of aromatic nitrogens is 2. The maximum Gasteiger partial charge on any atom is 0.318 e. The molecule has 3 aromatic carbocycles. The highest BCUT2D eigenvalue weighted by molar-refractivity contribution is 7.98. The number of phenols is 1. The fourth-order valence-corrected chi connectivity index (χ4v) is 6.21. The Hall–Kier alpha value is -2.90. The lowest BCUT2D eigenvalue weighted by molar-refractivity contribution is 0.107. The summed E-state index contributed by atoms with van der Waals surface area (Å²) in [6.45, 7) is 1.84. The van der Waals surface area contributed by atoms with E-state index in [0.29, 0.717) is 25.6 Å². The van der Waals surface area contributed by atoms with Crippen LogP contribution in [0.2, 0.25) is 0 Å². The zero-order valence-corrected chi connectivity index (χ0v) is 19.8. The largest absolute Gasteiger partial charge is 0.508 e. The van der Waals surface area contributed by atoms with Gasteiger partial charge in [0.05, 0.1) is 11.1 Å². The van der Waals surface area contributed by atoms with Crippen LogP contribution < -0.4 is 4.74 Å². The lowest BCUT2D eigenvalue weighted by atomic mass is 9.95. The van der Waals surface area contributed by atoms with Crippen LogP contribution in [-0.2, 0) is 0 Å². The number of hydrogen-bond donors (Lipinski definition) is 1. The Morgan fingerprint density at radius 1 is 1.15 bits per heavy atom. The summed E-state index contributed by atoms with van der Waals surface area (Å²) >= 11 is 1.55. The molecule has 2 saturated heterocycles. The van der Waals surface area contributed by atoms with Crippen molar-refractivity contribution in [1.82, 2.24) is 14.9 Å². The minimum absolute atomic E-state index is 0.230. The molecule has 2 atom stereocenters. The van der Waals surface area contributed by atoms with Crippen LogP contribution >= 0.6 is 11.8 Å². The number of alkyl halides is 1. The molecule has 1 N–H and O–H groups in total. The van der Waals surface area contributed by atoms with Crippen LogP contribution in [0.4, 0.5) is 4.39 Å². The quantitative estimate of drug-likeness (QED) is 0.289. The fraction of sp³-hybridized carbons (Fsp3) is 0.333. The molecule has 4 aromatic rings. The van der Waals surface area contributed by atoms with Crippen LogP contribution in [0, 0.1) is 0 Å². The van der Waals surface area contributed by atoms with Gasteiger partial charge in [0.25, 0.3) is 0 Å². The fourth-order valence-electron chi connectivity index (χ4n) is 5.65. The van der Waals surface area contributed by atoms with E-state index in [1.165, 1.54) is 0 Å². The molecule has 2 aliphatic rings. The van der Waals surface area contributed by atoms with Gasteiger partial charge in [0.2, 0.25) is 0 Å². The zero-order valence-electron chi connectivity index (χ0n) is 19.0. The highest BCUT2D eigenvalue weighted by Gasteiger charge is 2.49. The van der Waals surface area contributed by atoms with E-state index in [0.717, 1.165) is 57.2 Å². The molecule has 2 fully saturated rings. The van der Waals surface area contributed by atoms with Crippen molar-refractivity contribution >= 4 is 33.4 Å². The molecule has 0 amide bonds. The van der Waals surface area contributed by atoms with E-state index in [1.54, 1.807) is 23.9 Å². The molecular formula is C27H26FN3O2S. The van der Waals surface area contributed by atoms with Gasteiger partial charge in [-0.1, -0.05) is 30.3 Å². The van der Waals surface area contributed by atoms with Gasteiger partial charge in [0.1, 0.15) is 23.6 Å². The van der Waals surface area contributed by atoms with Crippen molar-refractivity contribution in [2.45, 2.75) is 36.0 Å². The summed E-state index contributed by atoms with van der Waals surface area (Å²) in [5.74, 6) is 0.230. The van der Waals surface area contributed by atoms with Crippen LogP contribution in [0.3, 0.4) is 0 Å². The molecule has 6 rings (SSSR count). The van der Waals surface area contributed by atoms with E-state index < -0.39 is 6.17 Å². The van der Waals surface area contributed by atoms with Gasteiger partial charge >= 0.3 is 6.01 Å². The van der Waals surface area contributed by atoms with Crippen molar-refractivity contribution in [3.63, 3.8) is 0 Å². The minimum Gasteiger partial charge on any atom is -0.508 e. The second-order valence-corrected chi connectivity index (χ2v) is 10.1. The summed E-state index contributed by atoms with van der Waals surface area (Å²) in [7, 11) is 0. The van der Waals surface area contributed by atoms with Crippen molar-refractivity contribution in [2.75, 3.05) is 26.0 Å². The maximum atomic E-state index is 14.1. The molecule has 7 heteroatoms. The van der Waals surface area contributed by atoms with Gasteiger partial charge in [-0.05, 0) is 71.8 Å². The van der Waals surface area contributed by atoms with E-state index in [4.69, 9.17) is 9.72 Å². The molecule has 0 radical (unpaired) electrons. The third-order valence-electron chi connectivity index (χ3n) is 7.22. The van der Waals surface area contributed by atoms with Crippen molar-refractivity contribution in [3.8, 4) is 22.9 Å². The highest BCUT2D eigenvalue weighted by atomic mass is 32.2. The third-order valence-corrected chi connectivity index (χ3v) is 7.92. The van der Waals surface area contributed by atoms with Gasteiger partial charge in [-0.3, -0.25) is 4.90 Å². The van der Waals surface area contributed by atoms with Crippen LogP contribution in [-0.4, -0.2) is 57.6 Å². The van der Waals surface area contributed by atoms with E-state index in [2.05, 4.69) is 16.0 Å². The average molecular weight is 476 g/mol. The molecule has 0 saturated carbocycles. The summed E-state index contributed by atoms with van der Waals surface area (Å²) in [6, 6.07) is 18.0. The van der Waals surface area contributed by atoms with E-state index >= 15 is 0 Å². The predicted molar refractivity (Wildman–Crippen MR) is 134 cm³/mol. The molecule has 3 heterocycles. The van der Waals surface area contributed by atoms with Crippen molar-refractivity contribution in [2.24, 2.45) is 0 Å². The van der Waals surface area contributed by atoms with Crippen LogP contribution in [0.5, 0.6) is 11.8 Å². The molecule has 0 aliphatic carbocycles. The Kier molecular flexibility index (Phi) is 5.34. The molecule has 0 unspecified atom stereocenters. The number of aromatic hydroxyl groups is 1. The Morgan fingerprint density at radius 3 is 2.91 bits per heavy atom. The van der Waals surface area contributed by atoms with Gasteiger partial charge in [-0.2, -0.15) is 9.97 Å². The van der Waals surface area contributed by atoms with Crippen LogP contribution in [0.25, 0.3) is 32.8 Å². The molecule has 2 aliphatic heterocycles. The Labute approximate surface area is 202 Å². The number of nitrogens with zero attached hydrogens (tertiary/aromatic N) is 3. The number of hydrogen-bond acceptors (Lipinski definition) is 6. The Balaban J connectivity index is 1.38. The van der Waals surface area contributed by atoms with Gasteiger partial charge in [0.15, 0.2) is 0 Å². The first-order valence-corrected chi connectivity index (χ1v) is 12.9. The molecule has 1 aromatic heterocycles. The number of halogens is 1. The first-order valence-electron chi connectivity index (χ1n) is 11.6. The minimum atomic E-state index is -0.789. The smallest absolute Gasteiger partial charge is 0.318 e. The summed E-state index contributed by atoms with van der Waals surface area (Å²) in [5, 5.41) is 14.2. The Bertz CT molecular complexity index is 1400. The molecule has 0 spiro atoms. The van der Waals surface area contributed by atoms with Gasteiger partial charge < -0.3 is 9.84 Å².